The number of carbonyl (C=O) groups excluding carboxylic acids is 1. The molecule has 3 rings (SSSR count). The Morgan fingerprint density at radius 3 is 2.95 bits per heavy atom. The smallest absolute Gasteiger partial charge is 0.317 e. The Labute approximate surface area is 113 Å². The van der Waals surface area contributed by atoms with Crippen molar-refractivity contribution in [3.8, 4) is 0 Å². The molecule has 2 aliphatic heterocycles. The monoisotopic (exact) mass is 284 g/mol. The minimum absolute atomic E-state index is 0.0308. The summed E-state index contributed by atoms with van der Waals surface area (Å²) in [6, 6.07) is 0.616. The number of piperazine rings is 1. The zero-order chi connectivity index (χ0) is 14.3. The molecule has 9 heteroatoms. The number of nitrogens with zero attached hydrogens (tertiary/aromatic N) is 3. The Bertz CT molecular complexity index is 554. The third kappa shape index (κ3) is 1.99. The van der Waals surface area contributed by atoms with E-state index in [2.05, 4.69) is 15.7 Å². The van der Waals surface area contributed by atoms with Crippen LogP contribution < -0.4 is 21.5 Å². The summed E-state index contributed by atoms with van der Waals surface area (Å²) in [5.74, 6) is 3.40. The Hall–Kier alpha value is -2.16. The molecule has 0 bridgehead atoms. The van der Waals surface area contributed by atoms with Crippen molar-refractivity contribution >= 4 is 17.7 Å². The Morgan fingerprint density at radius 1 is 1.40 bits per heavy atom. The van der Waals surface area contributed by atoms with E-state index in [9.17, 15) is 13.6 Å². The van der Waals surface area contributed by atoms with E-state index < -0.39 is 11.6 Å². The summed E-state index contributed by atoms with van der Waals surface area (Å²) < 4.78 is 27.2. The maximum atomic E-state index is 13.9. The highest BCUT2D eigenvalue weighted by Crippen LogP contribution is 2.25. The van der Waals surface area contributed by atoms with Crippen molar-refractivity contribution in [1.29, 1.82) is 0 Å². The van der Waals surface area contributed by atoms with Gasteiger partial charge < -0.3 is 20.5 Å². The lowest BCUT2D eigenvalue weighted by molar-refractivity contribution is 0.197. The van der Waals surface area contributed by atoms with Gasteiger partial charge in [0.1, 0.15) is 0 Å². The van der Waals surface area contributed by atoms with E-state index in [1.807, 2.05) is 0 Å². The zero-order valence-electron chi connectivity index (χ0n) is 10.6. The number of aromatic nitrogens is 1. The van der Waals surface area contributed by atoms with Crippen molar-refractivity contribution in [2.24, 2.45) is 5.84 Å². The Balaban J connectivity index is 1.85. The molecule has 20 heavy (non-hydrogen) atoms. The number of carbonyl (C=O) groups is 1. The van der Waals surface area contributed by atoms with E-state index in [1.54, 1.807) is 9.80 Å². The minimum Gasteiger partial charge on any atom is -0.350 e. The molecule has 0 saturated carbocycles. The normalized spacial score (nSPS) is 21.8. The highest BCUT2D eigenvalue weighted by molar-refractivity contribution is 5.77. The number of rotatable bonds is 2. The van der Waals surface area contributed by atoms with Gasteiger partial charge in [0, 0.05) is 32.2 Å². The number of hydrogen-bond donors (Lipinski definition) is 3. The van der Waals surface area contributed by atoms with Gasteiger partial charge in [0.25, 0.3) is 0 Å². The van der Waals surface area contributed by atoms with Gasteiger partial charge in [-0.1, -0.05) is 0 Å². The lowest BCUT2D eigenvalue weighted by Gasteiger charge is -2.37. The molecule has 2 aliphatic rings. The first kappa shape index (κ1) is 12.9. The van der Waals surface area contributed by atoms with E-state index in [1.165, 1.54) is 0 Å². The molecule has 3 heterocycles. The SMILES string of the molecule is NNc1nc(N2CCN3C(=O)NCC3C2)c(F)cc1F. The summed E-state index contributed by atoms with van der Waals surface area (Å²) in [6.45, 7) is 1.86. The Kier molecular flexibility index (Phi) is 3.05. The largest absolute Gasteiger partial charge is 0.350 e. The molecule has 0 aliphatic carbocycles. The highest BCUT2D eigenvalue weighted by Gasteiger charge is 2.36. The van der Waals surface area contributed by atoms with E-state index in [4.69, 9.17) is 5.84 Å². The number of anilines is 2. The predicted molar refractivity (Wildman–Crippen MR) is 68.1 cm³/mol. The van der Waals surface area contributed by atoms with Crippen LogP contribution in [0, 0.1) is 11.6 Å². The molecule has 1 aromatic heterocycles. The van der Waals surface area contributed by atoms with Gasteiger partial charge >= 0.3 is 6.03 Å². The van der Waals surface area contributed by atoms with Gasteiger partial charge in [-0.05, 0) is 0 Å². The predicted octanol–water partition coefficient (Wildman–Crippen LogP) is -0.141. The summed E-state index contributed by atoms with van der Waals surface area (Å²) in [5, 5.41) is 2.73. The lowest BCUT2D eigenvalue weighted by Crippen LogP contribution is -2.52. The summed E-state index contributed by atoms with van der Waals surface area (Å²) >= 11 is 0. The number of urea groups is 1. The molecule has 0 aromatic carbocycles. The number of pyridine rings is 1. The molecular formula is C11H14F2N6O. The molecule has 2 saturated heterocycles. The van der Waals surface area contributed by atoms with Gasteiger partial charge in [0.15, 0.2) is 23.3 Å². The number of hydrogen-bond acceptors (Lipinski definition) is 5. The van der Waals surface area contributed by atoms with Crippen LogP contribution in [0.5, 0.6) is 0 Å². The van der Waals surface area contributed by atoms with Gasteiger partial charge in [-0.3, -0.25) is 0 Å². The number of nitrogens with one attached hydrogen (secondary N) is 2. The van der Waals surface area contributed by atoms with Crippen LogP contribution in [-0.4, -0.2) is 48.1 Å². The van der Waals surface area contributed by atoms with Crippen LogP contribution in [0.2, 0.25) is 0 Å². The highest BCUT2D eigenvalue weighted by atomic mass is 19.1. The second-order valence-electron chi connectivity index (χ2n) is 4.75. The average Bonchev–Trinajstić information content (AvgIpc) is 2.80. The molecule has 7 nitrogen and oxygen atoms in total. The molecule has 0 spiro atoms. The standard InChI is InChI=1S/C11H14F2N6O/c12-7-3-8(13)10(16-9(7)17-14)18-1-2-19-6(5-18)4-15-11(19)20/h3,6H,1-2,4-5,14H2,(H,15,20)(H,16,17). The Morgan fingerprint density at radius 2 is 2.20 bits per heavy atom. The average molecular weight is 284 g/mol. The van der Waals surface area contributed by atoms with Crippen molar-refractivity contribution in [1.82, 2.24) is 15.2 Å². The summed E-state index contributed by atoms with van der Waals surface area (Å²) in [7, 11) is 0. The fourth-order valence-corrected chi connectivity index (χ4v) is 2.58. The molecule has 1 aromatic rings. The van der Waals surface area contributed by atoms with E-state index >= 15 is 0 Å². The summed E-state index contributed by atoms with van der Waals surface area (Å²) in [4.78, 5) is 18.8. The molecule has 0 radical (unpaired) electrons. The molecule has 2 amide bonds. The second kappa shape index (κ2) is 4.75. The van der Waals surface area contributed by atoms with Gasteiger partial charge in [0.2, 0.25) is 0 Å². The van der Waals surface area contributed by atoms with Crippen LogP contribution in [0.1, 0.15) is 0 Å². The maximum absolute atomic E-state index is 13.9. The lowest BCUT2D eigenvalue weighted by atomic mass is 10.2. The van der Waals surface area contributed by atoms with Gasteiger partial charge in [-0.25, -0.2) is 24.4 Å². The van der Waals surface area contributed by atoms with Crippen LogP contribution in [0.4, 0.5) is 25.2 Å². The van der Waals surface area contributed by atoms with Crippen LogP contribution in [0.3, 0.4) is 0 Å². The molecule has 1 unspecified atom stereocenters. The van der Waals surface area contributed by atoms with E-state index in [0.29, 0.717) is 26.2 Å². The number of amides is 2. The van der Waals surface area contributed by atoms with Crippen molar-refractivity contribution < 1.29 is 13.6 Å². The third-order valence-electron chi connectivity index (χ3n) is 3.58. The van der Waals surface area contributed by atoms with Crippen molar-refractivity contribution in [3.05, 3.63) is 17.7 Å². The quantitative estimate of drug-likeness (QED) is 0.520. The molecule has 108 valence electrons. The first-order valence-electron chi connectivity index (χ1n) is 6.22. The van der Waals surface area contributed by atoms with Crippen LogP contribution in [0.15, 0.2) is 6.07 Å². The molecule has 1 atom stereocenters. The fraction of sp³-hybridized carbons (Fsp3) is 0.455. The van der Waals surface area contributed by atoms with Gasteiger partial charge in [0.05, 0.1) is 6.04 Å². The number of nitrogens with two attached hydrogens (primary N) is 1. The van der Waals surface area contributed by atoms with Gasteiger partial charge in [-0.2, -0.15) is 0 Å². The number of fused-ring (bicyclic) bond motifs is 1. The maximum Gasteiger partial charge on any atom is 0.317 e. The van der Waals surface area contributed by atoms with Crippen LogP contribution in [-0.2, 0) is 0 Å². The molecular weight excluding hydrogens is 270 g/mol. The summed E-state index contributed by atoms with van der Waals surface area (Å²) in [5.41, 5.74) is 2.10. The van der Waals surface area contributed by atoms with Crippen LogP contribution in [0.25, 0.3) is 0 Å². The first-order chi connectivity index (χ1) is 9.60. The topological polar surface area (TPSA) is 86.5 Å². The zero-order valence-corrected chi connectivity index (χ0v) is 10.6. The third-order valence-corrected chi connectivity index (χ3v) is 3.58. The second-order valence-corrected chi connectivity index (χ2v) is 4.75. The van der Waals surface area contributed by atoms with Crippen LogP contribution >= 0.6 is 0 Å². The molecule has 4 N–H and O–H groups in total. The van der Waals surface area contributed by atoms with Gasteiger partial charge in [-0.15, -0.1) is 0 Å². The minimum atomic E-state index is -0.843. The number of halogens is 2. The number of nitrogen functional groups attached to an aromatic ring is 1. The fourth-order valence-electron chi connectivity index (χ4n) is 2.58. The van der Waals surface area contributed by atoms with Crippen molar-refractivity contribution in [2.75, 3.05) is 36.5 Å². The van der Waals surface area contributed by atoms with Crippen molar-refractivity contribution in [2.45, 2.75) is 6.04 Å². The van der Waals surface area contributed by atoms with E-state index in [0.717, 1.165) is 6.07 Å². The van der Waals surface area contributed by atoms with E-state index in [-0.39, 0.29) is 23.7 Å². The molecule has 2 fully saturated rings. The first-order valence-corrected chi connectivity index (χ1v) is 6.22. The van der Waals surface area contributed by atoms with Crippen molar-refractivity contribution in [3.63, 3.8) is 0 Å². The summed E-state index contributed by atoms with van der Waals surface area (Å²) in [6.07, 6.45) is 0. The number of hydrazine groups is 1.